The van der Waals surface area contributed by atoms with Crippen LogP contribution < -0.4 is 0 Å². The number of aliphatic hydroxyl groups excluding tert-OH is 1. The van der Waals surface area contributed by atoms with E-state index in [1.807, 2.05) is 26.0 Å². The number of rotatable bonds is 8. The second kappa shape index (κ2) is 8.31. The fourth-order valence-corrected chi connectivity index (χ4v) is 1.79. The van der Waals surface area contributed by atoms with Crippen LogP contribution in [0.2, 0.25) is 0 Å². The Morgan fingerprint density at radius 1 is 1.00 bits per heavy atom. The van der Waals surface area contributed by atoms with Gasteiger partial charge in [0, 0.05) is 6.61 Å². The standard InChI is InChI=1S/C16H26O3/c1-5-18-10-13(4)19-11-16(17)15-8-6-14(7-9-15)12(2)3/h6-9,12-13,16-17H,5,10-11H2,1-4H3. The largest absolute Gasteiger partial charge is 0.386 e. The van der Waals surface area contributed by atoms with Crippen LogP contribution in [0.15, 0.2) is 24.3 Å². The smallest absolute Gasteiger partial charge is 0.102 e. The van der Waals surface area contributed by atoms with Crippen molar-refractivity contribution in [2.45, 2.75) is 45.8 Å². The topological polar surface area (TPSA) is 38.7 Å². The maximum absolute atomic E-state index is 10.1. The van der Waals surface area contributed by atoms with E-state index in [1.54, 1.807) is 0 Å². The molecule has 0 heterocycles. The molecule has 3 nitrogen and oxygen atoms in total. The van der Waals surface area contributed by atoms with Gasteiger partial charge < -0.3 is 14.6 Å². The van der Waals surface area contributed by atoms with Crippen LogP contribution in [0, 0.1) is 0 Å². The normalized spacial score (nSPS) is 14.6. The highest BCUT2D eigenvalue weighted by Gasteiger charge is 2.11. The van der Waals surface area contributed by atoms with Gasteiger partial charge in [-0.25, -0.2) is 0 Å². The minimum Gasteiger partial charge on any atom is -0.386 e. The van der Waals surface area contributed by atoms with Crippen molar-refractivity contribution < 1.29 is 14.6 Å². The minimum absolute atomic E-state index is 0.00420. The molecule has 0 saturated heterocycles. The zero-order valence-electron chi connectivity index (χ0n) is 12.4. The molecule has 1 N–H and O–H groups in total. The highest BCUT2D eigenvalue weighted by molar-refractivity contribution is 5.26. The Balaban J connectivity index is 2.42. The summed E-state index contributed by atoms with van der Waals surface area (Å²) in [5.41, 5.74) is 2.18. The molecule has 0 aliphatic carbocycles. The van der Waals surface area contributed by atoms with E-state index in [0.29, 0.717) is 25.7 Å². The fourth-order valence-electron chi connectivity index (χ4n) is 1.79. The first-order valence-corrected chi connectivity index (χ1v) is 7.01. The van der Waals surface area contributed by atoms with Crippen molar-refractivity contribution in [2.75, 3.05) is 19.8 Å². The molecule has 0 aliphatic heterocycles. The van der Waals surface area contributed by atoms with E-state index in [4.69, 9.17) is 9.47 Å². The molecule has 3 heteroatoms. The second-order valence-electron chi connectivity index (χ2n) is 5.14. The average Bonchev–Trinajstić information content (AvgIpc) is 2.42. The highest BCUT2D eigenvalue weighted by Crippen LogP contribution is 2.19. The molecule has 0 radical (unpaired) electrons. The second-order valence-corrected chi connectivity index (χ2v) is 5.14. The Kier molecular flexibility index (Phi) is 7.06. The number of ether oxygens (including phenoxy) is 2. The molecule has 1 aromatic carbocycles. The van der Waals surface area contributed by atoms with Gasteiger partial charge in [0.25, 0.3) is 0 Å². The molecule has 1 rings (SSSR count). The summed E-state index contributed by atoms with van der Waals surface area (Å²) in [5.74, 6) is 0.508. The van der Waals surface area contributed by atoms with Gasteiger partial charge in [-0.3, -0.25) is 0 Å². The summed E-state index contributed by atoms with van der Waals surface area (Å²) in [5, 5.41) is 10.1. The number of hydrogen-bond donors (Lipinski definition) is 1. The minimum atomic E-state index is -0.578. The highest BCUT2D eigenvalue weighted by atomic mass is 16.5. The molecule has 2 atom stereocenters. The van der Waals surface area contributed by atoms with Crippen molar-refractivity contribution in [3.8, 4) is 0 Å². The summed E-state index contributed by atoms with van der Waals surface area (Å²) < 4.78 is 10.8. The first-order valence-electron chi connectivity index (χ1n) is 7.01. The Morgan fingerprint density at radius 3 is 2.11 bits per heavy atom. The van der Waals surface area contributed by atoms with Crippen molar-refractivity contribution in [1.29, 1.82) is 0 Å². The molecule has 1 aromatic rings. The number of hydrogen-bond acceptors (Lipinski definition) is 3. The molecule has 0 aromatic heterocycles. The lowest BCUT2D eigenvalue weighted by atomic mass is 10.0. The van der Waals surface area contributed by atoms with Gasteiger partial charge in [0.2, 0.25) is 0 Å². The SMILES string of the molecule is CCOCC(C)OCC(O)c1ccc(C(C)C)cc1. The maximum Gasteiger partial charge on any atom is 0.102 e. The van der Waals surface area contributed by atoms with Gasteiger partial charge >= 0.3 is 0 Å². The summed E-state index contributed by atoms with van der Waals surface area (Å²) in [6.45, 7) is 9.77. The van der Waals surface area contributed by atoms with Gasteiger partial charge in [0.1, 0.15) is 6.10 Å². The molecule has 0 bridgehead atoms. The van der Waals surface area contributed by atoms with Gasteiger partial charge in [-0.1, -0.05) is 38.1 Å². The summed E-state index contributed by atoms with van der Waals surface area (Å²) >= 11 is 0. The summed E-state index contributed by atoms with van der Waals surface area (Å²) in [4.78, 5) is 0. The zero-order valence-corrected chi connectivity index (χ0v) is 12.4. The molecular formula is C16H26O3. The van der Waals surface area contributed by atoms with Gasteiger partial charge in [-0.05, 0) is 30.9 Å². The third-order valence-corrected chi connectivity index (χ3v) is 3.08. The Labute approximate surface area is 116 Å². The van der Waals surface area contributed by atoms with Gasteiger partial charge in [-0.15, -0.1) is 0 Å². The Bertz CT molecular complexity index is 346. The van der Waals surface area contributed by atoms with E-state index < -0.39 is 6.10 Å². The zero-order chi connectivity index (χ0) is 14.3. The predicted molar refractivity (Wildman–Crippen MR) is 77.4 cm³/mol. The molecule has 0 amide bonds. The first-order chi connectivity index (χ1) is 9.04. The van der Waals surface area contributed by atoms with Crippen molar-refractivity contribution in [1.82, 2.24) is 0 Å². The fraction of sp³-hybridized carbons (Fsp3) is 0.625. The molecule has 0 aliphatic rings. The third-order valence-electron chi connectivity index (χ3n) is 3.08. The molecule has 0 fully saturated rings. The number of benzene rings is 1. The van der Waals surface area contributed by atoms with E-state index in [0.717, 1.165) is 5.56 Å². The summed E-state index contributed by atoms with van der Waals surface area (Å²) in [7, 11) is 0. The molecule has 0 saturated carbocycles. The summed E-state index contributed by atoms with van der Waals surface area (Å²) in [6.07, 6.45) is -0.574. The van der Waals surface area contributed by atoms with Crippen LogP contribution in [0.5, 0.6) is 0 Å². The van der Waals surface area contributed by atoms with E-state index in [-0.39, 0.29) is 6.10 Å². The monoisotopic (exact) mass is 266 g/mol. The number of aliphatic hydroxyl groups is 1. The first kappa shape index (κ1) is 16.2. The van der Waals surface area contributed by atoms with Gasteiger partial charge in [-0.2, -0.15) is 0 Å². The van der Waals surface area contributed by atoms with Crippen molar-refractivity contribution in [2.24, 2.45) is 0 Å². The van der Waals surface area contributed by atoms with Gasteiger partial charge in [0.05, 0.1) is 19.3 Å². The maximum atomic E-state index is 10.1. The van der Waals surface area contributed by atoms with E-state index >= 15 is 0 Å². The van der Waals surface area contributed by atoms with Crippen molar-refractivity contribution in [3.63, 3.8) is 0 Å². The predicted octanol–water partition coefficient (Wildman–Crippen LogP) is 3.29. The van der Waals surface area contributed by atoms with E-state index in [2.05, 4.69) is 26.0 Å². The molecule has 2 unspecified atom stereocenters. The molecule has 108 valence electrons. The third kappa shape index (κ3) is 5.72. The van der Waals surface area contributed by atoms with E-state index in [1.165, 1.54) is 5.56 Å². The van der Waals surface area contributed by atoms with Crippen LogP contribution >= 0.6 is 0 Å². The average molecular weight is 266 g/mol. The lowest BCUT2D eigenvalue weighted by molar-refractivity contribution is -0.0395. The van der Waals surface area contributed by atoms with Crippen LogP contribution in [0.25, 0.3) is 0 Å². The lowest BCUT2D eigenvalue weighted by Crippen LogP contribution is -2.19. The van der Waals surface area contributed by atoms with Crippen molar-refractivity contribution >= 4 is 0 Å². The van der Waals surface area contributed by atoms with Crippen LogP contribution in [0.1, 0.15) is 50.8 Å². The van der Waals surface area contributed by atoms with Crippen molar-refractivity contribution in [3.05, 3.63) is 35.4 Å². The van der Waals surface area contributed by atoms with Crippen LogP contribution in [-0.2, 0) is 9.47 Å². The van der Waals surface area contributed by atoms with Crippen LogP contribution in [0.4, 0.5) is 0 Å². The van der Waals surface area contributed by atoms with E-state index in [9.17, 15) is 5.11 Å². The molecule has 19 heavy (non-hydrogen) atoms. The lowest BCUT2D eigenvalue weighted by Gasteiger charge is -2.17. The van der Waals surface area contributed by atoms with Gasteiger partial charge in [0.15, 0.2) is 0 Å². The van der Waals surface area contributed by atoms with Crippen LogP contribution in [0.3, 0.4) is 0 Å². The quantitative estimate of drug-likeness (QED) is 0.784. The summed E-state index contributed by atoms with van der Waals surface area (Å²) in [6, 6.07) is 8.06. The Morgan fingerprint density at radius 2 is 1.58 bits per heavy atom. The Hall–Kier alpha value is -0.900. The molecular weight excluding hydrogens is 240 g/mol. The molecule has 0 spiro atoms. The van der Waals surface area contributed by atoms with Crippen LogP contribution in [-0.4, -0.2) is 31.0 Å².